The summed E-state index contributed by atoms with van der Waals surface area (Å²) in [5.41, 5.74) is -9.74. The van der Waals surface area contributed by atoms with Gasteiger partial charge in [0.2, 0.25) is 0 Å². The number of unbranched alkanes of at least 4 members (excludes halogenated alkanes) is 18. The molecule has 0 unspecified atom stereocenters. The Hall–Kier alpha value is -2.37. The van der Waals surface area contributed by atoms with Crippen LogP contribution in [0.25, 0.3) is 9.70 Å². The van der Waals surface area contributed by atoms with E-state index in [4.69, 9.17) is 4.74 Å². The molecule has 1 aromatic carbocycles. The number of rotatable bonds is 33. The predicted molar refractivity (Wildman–Crippen MR) is 240 cm³/mol. The maximum Gasteiger partial charge on any atom is 0.480 e. The van der Waals surface area contributed by atoms with Crippen molar-refractivity contribution in [3.05, 3.63) is 46.1 Å². The molecule has 0 atom stereocenters. The molecule has 1 rings (SSSR count). The lowest BCUT2D eigenvalue weighted by Gasteiger charge is -2.40. The first-order chi connectivity index (χ1) is 28.9. The summed E-state index contributed by atoms with van der Waals surface area (Å²) in [5.74, 6) is 0. The molecule has 17 heteroatoms. The Kier molecular flexibility index (Phi) is 29.5. The molecular formula is C45H79F6N3O6S2. The molecule has 0 aromatic heterocycles. The number of carbonyl (C=O) groups excluding carboxylic acids is 1. The maximum atomic E-state index is 12.7. The zero-order chi connectivity index (χ0) is 47.4. The number of amides is 1. The van der Waals surface area contributed by atoms with Crippen LogP contribution in [-0.2, 0) is 30.3 Å². The molecular weight excluding hydrogens is 857 g/mol. The molecule has 0 bridgehead atoms. The topological polar surface area (TPSA) is 121 Å². The minimum absolute atomic E-state index is 0.330. The van der Waals surface area contributed by atoms with Gasteiger partial charge in [0.25, 0.3) is 0 Å². The number of halogens is 6. The van der Waals surface area contributed by atoms with Crippen molar-refractivity contribution < 1.29 is 57.2 Å². The number of nitrogens with one attached hydrogen (secondary N) is 1. The smallest absolute Gasteiger partial charge is 0.450 e. The molecule has 1 N–H and O–H groups in total. The maximum absolute atomic E-state index is 12.7. The molecule has 0 heterocycles. The van der Waals surface area contributed by atoms with Crippen LogP contribution in [0.15, 0.2) is 30.8 Å². The highest BCUT2D eigenvalue weighted by molar-refractivity contribution is 8.13. The molecule has 0 aliphatic carbocycles. The monoisotopic (exact) mass is 936 g/mol. The predicted octanol–water partition coefficient (Wildman–Crippen LogP) is 14.2. The number of hydrogen-bond acceptors (Lipinski definition) is 6. The lowest BCUT2D eigenvalue weighted by atomic mass is 9.92. The number of benzene rings is 1. The quantitative estimate of drug-likeness (QED) is 0.0426. The van der Waals surface area contributed by atoms with Crippen LogP contribution in [-0.4, -0.2) is 71.2 Å². The summed E-state index contributed by atoms with van der Waals surface area (Å²) in [7, 11) is -13.4. The molecule has 0 fully saturated rings. The van der Waals surface area contributed by atoms with Crippen molar-refractivity contribution in [2.75, 3.05) is 32.8 Å². The third kappa shape index (κ3) is 25.8. The largest absolute Gasteiger partial charge is 0.480 e. The van der Waals surface area contributed by atoms with Gasteiger partial charge in [0.1, 0.15) is 0 Å². The third-order valence-electron chi connectivity index (χ3n) is 11.0. The number of quaternary nitrogens is 1. The molecule has 0 saturated carbocycles. The average Bonchev–Trinajstić information content (AvgIpc) is 3.17. The van der Waals surface area contributed by atoms with Crippen LogP contribution in [0, 0.1) is 0 Å². The molecule has 1 amide bonds. The van der Waals surface area contributed by atoms with E-state index < -0.39 is 36.6 Å². The average molecular weight is 936 g/mol. The van der Waals surface area contributed by atoms with Crippen LogP contribution in [0.5, 0.6) is 0 Å². The molecule has 1 aromatic rings. The number of allylic oxidation sites excluding steroid dienone is 1. The Balaban J connectivity index is 0.00000209. The van der Waals surface area contributed by atoms with E-state index in [0.29, 0.717) is 6.61 Å². The Morgan fingerprint density at radius 3 is 1.34 bits per heavy atom. The van der Waals surface area contributed by atoms with Crippen LogP contribution in [0.1, 0.15) is 194 Å². The van der Waals surface area contributed by atoms with Gasteiger partial charge in [-0.25, -0.2) is 21.6 Å². The lowest BCUT2D eigenvalue weighted by molar-refractivity contribution is -0.929. The lowest BCUT2D eigenvalue weighted by Crippen LogP contribution is -2.50. The van der Waals surface area contributed by atoms with Gasteiger partial charge in [-0.2, -0.15) is 26.3 Å². The molecule has 364 valence electrons. The van der Waals surface area contributed by atoms with Gasteiger partial charge in [-0.05, 0) is 102 Å². The van der Waals surface area contributed by atoms with E-state index in [0.717, 1.165) is 33.7 Å². The number of nitrogens with zero attached hydrogens (tertiary/aromatic N) is 2. The van der Waals surface area contributed by atoms with Crippen LogP contribution in [0.3, 0.4) is 0 Å². The molecule has 0 radical (unpaired) electrons. The highest BCUT2D eigenvalue weighted by Gasteiger charge is 2.47. The minimum atomic E-state index is -6.72. The summed E-state index contributed by atoms with van der Waals surface area (Å²) in [5, 5.41) is 3.07. The van der Waals surface area contributed by atoms with E-state index in [1.807, 2.05) is 26.8 Å². The number of hydrogen-bond donors (Lipinski definition) is 1. The van der Waals surface area contributed by atoms with Crippen LogP contribution < -0.4 is 5.32 Å². The zero-order valence-electron chi connectivity index (χ0n) is 38.5. The molecule has 9 nitrogen and oxygen atoms in total. The van der Waals surface area contributed by atoms with Gasteiger partial charge in [0.15, 0.2) is 20.0 Å². The molecule has 0 spiro atoms. The van der Waals surface area contributed by atoms with E-state index in [2.05, 4.69) is 50.9 Å². The molecule has 62 heavy (non-hydrogen) atoms. The van der Waals surface area contributed by atoms with Crippen molar-refractivity contribution in [1.29, 1.82) is 0 Å². The fourth-order valence-electron chi connectivity index (χ4n) is 7.17. The van der Waals surface area contributed by atoms with Gasteiger partial charge in [-0.1, -0.05) is 128 Å². The van der Waals surface area contributed by atoms with E-state index in [1.165, 1.54) is 159 Å². The fraction of sp³-hybridized carbons (Fsp3) is 0.800. The second-order valence-electron chi connectivity index (χ2n) is 17.1. The first-order valence-electron chi connectivity index (χ1n) is 22.8. The van der Waals surface area contributed by atoms with Crippen LogP contribution in [0.2, 0.25) is 0 Å². The molecule has 0 saturated heterocycles. The Bertz CT molecular complexity index is 1520. The summed E-state index contributed by atoms with van der Waals surface area (Å²) in [4.78, 5) is 12.7. The Labute approximate surface area is 371 Å². The second-order valence-corrected chi connectivity index (χ2v) is 20.5. The number of ether oxygens (including phenoxy) is 1. The van der Waals surface area contributed by atoms with Crippen molar-refractivity contribution in [3.63, 3.8) is 0 Å². The molecule has 0 aliphatic rings. The summed E-state index contributed by atoms with van der Waals surface area (Å²) in [6, 6.07) is 8.24. The van der Waals surface area contributed by atoms with Gasteiger partial charge in [-0.15, -0.1) is 0 Å². The van der Waals surface area contributed by atoms with Crippen molar-refractivity contribution in [3.8, 4) is 0 Å². The SMILES string of the molecule is C=C(C)c1cccc(C(C)(C)NC(=O)OCCCCCC[N+](CCCCCCCC)(CCCCCCCC)CCCCCCCC)c1.O=S(=O)([N-]S(=O)(=O)C(F)(F)F)C(F)(F)F. The molecule has 0 aliphatic heterocycles. The van der Waals surface area contributed by atoms with Crippen molar-refractivity contribution in [2.24, 2.45) is 0 Å². The number of sulfonamides is 2. The van der Waals surface area contributed by atoms with Gasteiger partial charge < -0.3 is 18.7 Å². The zero-order valence-corrected chi connectivity index (χ0v) is 40.2. The summed E-state index contributed by atoms with van der Waals surface area (Å²) < 4.78 is 116. The van der Waals surface area contributed by atoms with E-state index in [9.17, 15) is 48.0 Å². The van der Waals surface area contributed by atoms with Crippen molar-refractivity contribution in [2.45, 2.75) is 199 Å². The summed E-state index contributed by atoms with van der Waals surface area (Å²) in [6.45, 7) is 23.0. The van der Waals surface area contributed by atoms with Crippen molar-refractivity contribution >= 4 is 31.7 Å². The first kappa shape index (κ1) is 59.6. The Morgan fingerprint density at radius 1 is 0.629 bits per heavy atom. The highest BCUT2D eigenvalue weighted by atomic mass is 32.3. The van der Waals surface area contributed by atoms with Gasteiger partial charge >= 0.3 is 17.1 Å². The fourth-order valence-corrected chi connectivity index (χ4v) is 8.88. The van der Waals surface area contributed by atoms with Crippen LogP contribution in [0.4, 0.5) is 31.1 Å². The van der Waals surface area contributed by atoms with E-state index in [-0.39, 0.29) is 6.09 Å². The van der Waals surface area contributed by atoms with Gasteiger partial charge in [-0.3, -0.25) is 0 Å². The highest BCUT2D eigenvalue weighted by Crippen LogP contribution is 2.36. The standard InChI is InChI=1S/C43H78N2O2.C2F6NO4S2/c1-8-11-14-17-20-25-33-45(34-26-21-18-15-12-9-2,35-27-22-19-16-13-10-3)36-28-23-24-29-37-47-42(46)44-43(6,7)41-32-30-31-40(38-41)39(4)5;3-1(4,5)14(10,11)9-15(12,13)2(6,7)8/h30-32,38H,4,8-29,33-37H2,1-3,5-7H3;/q;-1/p+1. The number of alkyl halides is 6. The van der Waals surface area contributed by atoms with E-state index in [1.54, 1.807) is 0 Å². The summed E-state index contributed by atoms with van der Waals surface area (Å²) >= 11 is 0. The number of alkyl carbamates (subject to hydrolysis) is 1. The first-order valence-corrected chi connectivity index (χ1v) is 25.7. The van der Waals surface area contributed by atoms with Crippen LogP contribution >= 0.6 is 0 Å². The van der Waals surface area contributed by atoms with Gasteiger partial charge in [0, 0.05) is 0 Å². The normalized spacial score (nSPS) is 12.8. The van der Waals surface area contributed by atoms with Crippen molar-refractivity contribution in [1.82, 2.24) is 5.32 Å². The van der Waals surface area contributed by atoms with E-state index >= 15 is 0 Å². The Morgan fingerprint density at radius 2 is 0.984 bits per heavy atom. The second kappa shape index (κ2) is 30.7. The third-order valence-corrected chi connectivity index (χ3v) is 13.7. The van der Waals surface area contributed by atoms with Gasteiger partial charge in [0.05, 0.1) is 38.3 Å². The minimum Gasteiger partial charge on any atom is -0.450 e. The summed E-state index contributed by atoms with van der Waals surface area (Å²) in [6.07, 6.45) is 29.3. The number of carbonyl (C=O) groups is 1.